The van der Waals surface area contributed by atoms with Crippen molar-refractivity contribution >= 4 is 5.82 Å². The van der Waals surface area contributed by atoms with E-state index in [4.69, 9.17) is 10.5 Å². The van der Waals surface area contributed by atoms with Crippen LogP contribution in [0.25, 0.3) is 0 Å². The summed E-state index contributed by atoms with van der Waals surface area (Å²) in [6, 6.07) is 0.253. The van der Waals surface area contributed by atoms with Crippen LogP contribution in [0.15, 0.2) is 65.6 Å². The molecule has 0 bridgehead atoms. The first-order valence-electron chi connectivity index (χ1n) is 11.2. The Morgan fingerprint density at radius 3 is 2.85 bits per heavy atom. The van der Waals surface area contributed by atoms with E-state index in [2.05, 4.69) is 33.2 Å². The van der Waals surface area contributed by atoms with Crippen LogP contribution in [0.2, 0.25) is 0 Å². The van der Waals surface area contributed by atoms with Crippen LogP contribution in [0.4, 0.5) is 14.6 Å². The molecule has 3 atom stereocenters. The molecule has 0 aromatic carbocycles. The molecule has 3 aliphatic rings. The lowest BCUT2D eigenvalue weighted by atomic mass is 9.95. The third kappa shape index (κ3) is 4.69. The average molecular weight is 457 g/mol. The Bertz CT molecular complexity index is 1050. The van der Waals surface area contributed by atoms with Gasteiger partial charge in [0.1, 0.15) is 12.1 Å². The molecule has 2 aliphatic carbocycles. The van der Waals surface area contributed by atoms with Crippen molar-refractivity contribution in [1.82, 2.24) is 19.8 Å². The zero-order valence-corrected chi connectivity index (χ0v) is 19.1. The van der Waals surface area contributed by atoms with E-state index in [-0.39, 0.29) is 23.5 Å². The number of alkyl halides is 1. The minimum atomic E-state index is -1.42. The molecular weight excluding hydrogens is 426 g/mol. The lowest BCUT2D eigenvalue weighted by Crippen LogP contribution is -2.38. The number of ether oxygens (including phenoxy) is 1. The van der Waals surface area contributed by atoms with E-state index in [0.29, 0.717) is 6.54 Å². The van der Waals surface area contributed by atoms with Crippen molar-refractivity contribution in [2.45, 2.75) is 32.5 Å². The third-order valence-corrected chi connectivity index (χ3v) is 6.29. The molecule has 0 saturated heterocycles. The zero-order valence-electron chi connectivity index (χ0n) is 19.1. The monoisotopic (exact) mass is 456 g/mol. The summed E-state index contributed by atoms with van der Waals surface area (Å²) in [6.07, 6.45) is 11.7. The number of allylic oxidation sites excluding steroid dienone is 6. The third-order valence-electron chi connectivity index (χ3n) is 6.29. The average Bonchev–Trinajstić information content (AvgIpc) is 3.11. The highest BCUT2D eigenvalue weighted by molar-refractivity contribution is 5.49. The molecule has 33 heavy (non-hydrogen) atoms. The van der Waals surface area contributed by atoms with Gasteiger partial charge in [-0.2, -0.15) is 9.37 Å². The van der Waals surface area contributed by atoms with Gasteiger partial charge in [-0.3, -0.25) is 4.90 Å². The molecule has 0 spiro atoms. The fraction of sp³-hybridized carbons (Fsp3) is 0.417. The zero-order chi connectivity index (χ0) is 23.5. The van der Waals surface area contributed by atoms with Crippen molar-refractivity contribution in [3.63, 3.8) is 0 Å². The van der Waals surface area contributed by atoms with E-state index in [1.807, 2.05) is 37.1 Å². The number of nitrogens with one attached hydrogen (secondary N) is 1. The van der Waals surface area contributed by atoms with Crippen LogP contribution in [0.1, 0.15) is 20.3 Å². The molecule has 1 aromatic heterocycles. The molecule has 2 heterocycles. The molecule has 9 heteroatoms. The number of halogens is 2. The number of likely N-dealkylation sites (N-methyl/N-ethyl adjacent to an activating group) is 1. The maximum Gasteiger partial charge on any atom is 0.261 e. The van der Waals surface area contributed by atoms with Gasteiger partial charge in [-0.05, 0) is 38.1 Å². The number of anilines is 1. The smallest absolute Gasteiger partial charge is 0.261 e. The maximum absolute atomic E-state index is 15.1. The van der Waals surface area contributed by atoms with Crippen molar-refractivity contribution < 1.29 is 13.5 Å². The summed E-state index contributed by atoms with van der Waals surface area (Å²) in [7, 11) is 1.89. The number of nitrogens with zero attached hydrogens (tertiary/aromatic N) is 4. The first kappa shape index (κ1) is 23.1. The van der Waals surface area contributed by atoms with E-state index in [9.17, 15) is 0 Å². The van der Waals surface area contributed by atoms with Crippen LogP contribution >= 0.6 is 0 Å². The first-order chi connectivity index (χ1) is 15.9. The Kier molecular flexibility index (Phi) is 6.90. The second-order valence-electron chi connectivity index (χ2n) is 8.26. The highest BCUT2D eigenvalue weighted by Crippen LogP contribution is 2.39. The van der Waals surface area contributed by atoms with Crippen molar-refractivity contribution in [3.8, 4) is 5.88 Å². The van der Waals surface area contributed by atoms with Crippen molar-refractivity contribution in [2.75, 3.05) is 32.0 Å². The fourth-order valence-corrected chi connectivity index (χ4v) is 4.33. The summed E-state index contributed by atoms with van der Waals surface area (Å²) in [5, 5.41) is 2.98. The Morgan fingerprint density at radius 2 is 2.15 bits per heavy atom. The molecule has 0 saturated carbocycles. The van der Waals surface area contributed by atoms with Gasteiger partial charge in [0.25, 0.3) is 5.88 Å². The normalized spacial score (nSPS) is 24.2. The molecule has 176 valence electrons. The van der Waals surface area contributed by atoms with Crippen LogP contribution in [0.3, 0.4) is 0 Å². The lowest BCUT2D eigenvalue weighted by molar-refractivity contribution is 0.222. The molecule has 3 unspecified atom stereocenters. The summed E-state index contributed by atoms with van der Waals surface area (Å²) in [6.45, 7) is 6.34. The van der Waals surface area contributed by atoms with Gasteiger partial charge >= 0.3 is 0 Å². The number of hydrogen-bond donors (Lipinski definition) is 2. The molecular formula is C24H30F2N6O. The van der Waals surface area contributed by atoms with E-state index < -0.39 is 17.9 Å². The van der Waals surface area contributed by atoms with Crippen molar-refractivity contribution in [2.24, 2.45) is 11.7 Å². The van der Waals surface area contributed by atoms with Crippen LogP contribution in [-0.2, 0) is 0 Å². The summed E-state index contributed by atoms with van der Waals surface area (Å²) in [5.74, 6) is -1.55. The van der Waals surface area contributed by atoms with E-state index in [1.165, 1.54) is 12.4 Å². The van der Waals surface area contributed by atoms with Crippen LogP contribution in [-0.4, -0.2) is 58.7 Å². The van der Waals surface area contributed by atoms with Gasteiger partial charge in [-0.25, -0.2) is 9.37 Å². The van der Waals surface area contributed by atoms with Gasteiger partial charge in [-0.1, -0.05) is 25.2 Å². The first-order valence-corrected chi connectivity index (χ1v) is 11.2. The molecule has 0 amide bonds. The minimum Gasteiger partial charge on any atom is -0.438 e. The predicted molar refractivity (Wildman–Crippen MR) is 124 cm³/mol. The van der Waals surface area contributed by atoms with Crippen LogP contribution in [0.5, 0.6) is 5.88 Å². The lowest BCUT2D eigenvalue weighted by Gasteiger charge is -2.29. The van der Waals surface area contributed by atoms with Gasteiger partial charge in [-0.15, -0.1) is 0 Å². The Labute approximate surface area is 193 Å². The SMILES string of the molecule is CCN(CCN)C1C=CC(Nc2ncnc(OC3=CC=C4C(C=C(C)N4C)C3F)c2F)=CC1. The molecule has 7 nitrogen and oxygen atoms in total. The molecule has 4 rings (SSSR count). The quantitative estimate of drug-likeness (QED) is 0.620. The number of aromatic nitrogens is 2. The van der Waals surface area contributed by atoms with Gasteiger partial charge in [0, 0.05) is 43.3 Å². The number of fused-ring (bicyclic) bond motifs is 1. The van der Waals surface area contributed by atoms with E-state index in [1.54, 1.807) is 6.08 Å². The highest BCUT2D eigenvalue weighted by Gasteiger charge is 2.37. The van der Waals surface area contributed by atoms with Gasteiger partial charge < -0.3 is 20.7 Å². The largest absolute Gasteiger partial charge is 0.438 e. The molecule has 3 N–H and O–H groups in total. The number of rotatable bonds is 8. The molecule has 0 fully saturated rings. The maximum atomic E-state index is 15.1. The molecule has 0 radical (unpaired) electrons. The van der Waals surface area contributed by atoms with Gasteiger partial charge in [0.15, 0.2) is 12.0 Å². The van der Waals surface area contributed by atoms with Crippen LogP contribution in [0, 0.1) is 11.7 Å². The summed E-state index contributed by atoms with van der Waals surface area (Å²) < 4.78 is 35.8. The second-order valence-corrected chi connectivity index (χ2v) is 8.26. The van der Waals surface area contributed by atoms with Gasteiger partial charge in [0.05, 0.1) is 5.92 Å². The number of hydrogen-bond acceptors (Lipinski definition) is 7. The van der Waals surface area contributed by atoms with E-state index in [0.717, 1.165) is 36.6 Å². The topological polar surface area (TPSA) is 79.5 Å². The predicted octanol–water partition coefficient (Wildman–Crippen LogP) is 3.48. The Morgan fingerprint density at radius 1 is 1.33 bits per heavy atom. The molecule has 1 aliphatic heterocycles. The Balaban J connectivity index is 1.45. The minimum absolute atomic E-state index is 0.0193. The van der Waals surface area contributed by atoms with Crippen molar-refractivity contribution in [1.29, 1.82) is 0 Å². The summed E-state index contributed by atoms with van der Waals surface area (Å²) >= 11 is 0. The van der Waals surface area contributed by atoms with Gasteiger partial charge in [0.2, 0.25) is 5.82 Å². The number of nitrogens with two attached hydrogens (primary N) is 1. The summed E-state index contributed by atoms with van der Waals surface area (Å²) in [5.41, 5.74) is 8.22. The highest BCUT2D eigenvalue weighted by atomic mass is 19.1. The summed E-state index contributed by atoms with van der Waals surface area (Å²) in [4.78, 5) is 12.1. The van der Waals surface area contributed by atoms with Crippen molar-refractivity contribution in [3.05, 3.63) is 71.5 Å². The Hall–Kier alpha value is -3.04. The standard InChI is InChI=1S/C24H30F2N6O/c1-4-32(12-11-27)17-7-5-16(6-8-17)30-23-22(26)24(29-14-28-23)33-20-10-9-19-18(21(20)25)13-15(2)31(19)3/h5-7,9-10,13-14,17-18,21H,4,8,11-12,27H2,1-3H3,(H,28,29,30). The second kappa shape index (κ2) is 9.84. The van der Waals surface area contributed by atoms with E-state index >= 15 is 8.78 Å². The van der Waals surface area contributed by atoms with Crippen LogP contribution < -0.4 is 15.8 Å². The molecule has 1 aromatic rings. The fourth-order valence-electron chi connectivity index (χ4n) is 4.33.